The summed E-state index contributed by atoms with van der Waals surface area (Å²) in [6, 6.07) is 0.00299. The molecule has 1 fully saturated rings. The maximum atomic E-state index is 11.9. The third-order valence-corrected chi connectivity index (χ3v) is 4.30. The monoisotopic (exact) mass is 258 g/mol. The summed E-state index contributed by atoms with van der Waals surface area (Å²) in [7, 11) is 0. The molecule has 0 bridgehead atoms. The Hall–Kier alpha value is -0.220. The summed E-state index contributed by atoms with van der Waals surface area (Å²) in [5.74, 6) is 1.58. The molecule has 0 heterocycles. The van der Waals surface area contributed by atoms with E-state index in [0.29, 0.717) is 12.0 Å². The molecule has 1 rings (SSSR count). The summed E-state index contributed by atoms with van der Waals surface area (Å²) in [6.45, 7) is 2.24. The molecule has 3 N–H and O–H groups in total. The van der Waals surface area contributed by atoms with Gasteiger partial charge in [0.25, 0.3) is 0 Å². The molecule has 0 radical (unpaired) electrons. The molecule has 1 aliphatic carbocycles. The quantitative estimate of drug-likeness (QED) is 0.743. The third-order valence-electron chi connectivity index (χ3n) is 3.66. The minimum atomic E-state index is -0.335. The molecule has 1 amide bonds. The van der Waals surface area contributed by atoms with Gasteiger partial charge in [-0.3, -0.25) is 4.79 Å². The molecular weight excluding hydrogens is 232 g/mol. The van der Waals surface area contributed by atoms with Crippen molar-refractivity contribution in [2.24, 2.45) is 11.7 Å². The van der Waals surface area contributed by atoms with Gasteiger partial charge in [-0.2, -0.15) is 11.8 Å². The number of hydrogen-bond donors (Lipinski definition) is 2. The fourth-order valence-corrected chi connectivity index (χ4v) is 2.86. The second kappa shape index (κ2) is 7.98. The third kappa shape index (κ3) is 5.30. The average Bonchev–Trinajstić information content (AvgIpc) is 2.52. The van der Waals surface area contributed by atoms with Crippen LogP contribution in [0.25, 0.3) is 0 Å². The number of nitrogens with two attached hydrogens (primary N) is 1. The zero-order valence-electron chi connectivity index (χ0n) is 11.1. The van der Waals surface area contributed by atoms with Gasteiger partial charge in [0.1, 0.15) is 0 Å². The van der Waals surface area contributed by atoms with Crippen molar-refractivity contribution in [3.8, 4) is 0 Å². The van der Waals surface area contributed by atoms with Crippen molar-refractivity contribution in [1.82, 2.24) is 5.32 Å². The molecule has 3 atom stereocenters. The molecule has 0 saturated heterocycles. The van der Waals surface area contributed by atoms with Crippen molar-refractivity contribution in [1.29, 1.82) is 0 Å². The van der Waals surface area contributed by atoms with Crippen LogP contribution in [0.4, 0.5) is 0 Å². The van der Waals surface area contributed by atoms with Gasteiger partial charge >= 0.3 is 0 Å². The number of carbonyl (C=O) groups is 1. The molecule has 0 aromatic rings. The average molecular weight is 258 g/mol. The lowest BCUT2D eigenvalue weighted by atomic mass is 9.96. The van der Waals surface area contributed by atoms with Gasteiger partial charge in [0, 0.05) is 6.04 Å². The molecule has 17 heavy (non-hydrogen) atoms. The first-order valence-electron chi connectivity index (χ1n) is 6.70. The van der Waals surface area contributed by atoms with E-state index < -0.39 is 0 Å². The number of carbonyl (C=O) groups excluding carboxylic acids is 1. The van der Waals surface area contributed by atoms with Gasteiger partial charge in [0.2, 0.25) is 5.91 Å². The topological polar surface area (TPSA) is 55.1 Å². The van der Waals surface area contributed by atoms with Gasteiger partial charge in [-0.15, -0.1) is 0 Å². The molecule has 1 saturated carbocycles. The van der Waals surface area contributed by atoms with Crippen LogP contribution in [0.3, 0.4) is 0 Å². The van der Waals surface area contributed by atoms with Gasteiger partial charge < -0.3 is 11.1 Å². The van der Waals surface area contributed by atoms with Crippen molar-refractivity contribution >= 4 is 17.7 Å². The second-order valence-electron chi connectivity index (χ2n) is 5.12. The molecule has 0 aliphatic heterocycles. The molecular formula is C13H26N2OS. The Kier molecular flexibility index (Phi) is 6.97. The zero-order chi connectivity index (χ0) is 12.7. The lowest BCUT2D eigenvalue weighted by Crippen LogP contribution is -2.47. The van der Waals surface area contributed by atoms with Crippen molar-refractivity contribution in [2.75, 3.05) is 12.0 Å². The van der Waals surface area contributed by atoms with Crippen LogP contribution in [0.5, 0.6) is 0 Å². The van der Waals surface area contributed by atoms with E-state index in [2.05, 4.69) is 12.2 Å². The van der Waals surface area contributed by atoms with E-state index in [4.69, 9.17) is 5.73 Å². The normalized spacial score (nSPS) is 27.2. The van der Waals surface area contributed by atoms with Gasteiger partial charge in [-0.05, 0) is 37.2 Å². The highest BCUT2D eigenvalue weighted by molar-refractivity contribution is 7.98. The Morgan fingerprint density at radius 1 is 1.41 bits per heavy atom. The molecule has 100 valence electrons. The SMILES string of the molecule is CSCC[C@H](N)C(=O)NC1CCCCCC1C. The highest BCUT2D eigenvalue weighted by atomic mass is 32.2. The Bertz CT molecular complexity index is 235. The van der Waals surface area contributed by atoms with Gasteiger partial charge in [-0.25, -0.2) is 0 Å². The van der Waals surface area contributed by atoms with Crippen LogP contribution >= 0.6 is 11.8 Å². The van der Waals surface area contributed by atoms with Crippen LogP contribution in [0, 0.1) is 5.92 Å². The van der Waals surface area contributed by atoms with E-state index in [1.165, 1.54) is 25.7 Å². The minimum absolute atomic E-state index is 0.0396. The molecule has 3 nitrogen and oxygen atoms in total. The van der Waals surface area contributed by atoms with E-state index in [-0.39, 0.29) is 11.9 Å². The summed E-state index contributed by atoms with van der Waals surface area (Å²) >= 11 is 1.74. The van der Waals surface area contributed by atoms with E-state index in [0.717, 1.165) is 18.6 Å². The minimum Gasteiger partial charge on any atom is -0.352 e. The van der Waals surface area contributed by atoms with Crippen molar-refractivity contribution in [3.05, 3.63) is 0 Å². The molecule has 4 heteroatoms. The Morgan fingerprint density at radius 2 is 2.12 bits per heavy atom. The lowest BCUT2D eigenvalue weighted by molar-refractivity contribution is -0.123. The summed E-state index contributed by atoms with van der Waals surface area (Å²) in [5, 5.41) is 3.14. The van der Waals surface area contributed by atoms with Crippen LogP contribution in [0.1, 0.15) is 45.4 Å². The molecule has 0 aromatic heterocycles. The van der Waals surface area contributed by atoms with Crippen LogP contribution in [-0.4, -0.2) is 30.0 Å². The first kappa shape index (κ1) is 14.8. The van der Waals surface area contributed by atoms with Crippen LogP contribution in [-0.2, 0) is 4.79 Å². The number of rotatable bonds is 5. The lowest BCUT2D eigenvalue weighted by Gasteiger charge is -2.24. The smallest absolute Gasteiger partial charge is 0.237 e. The number of hydrogen-bond acceptors (Lipinski definition) is 3. The number of thioether (sulfide) groups is 1. The molecule has 2 unspecified atom stereocenters. The van der Waals surface area contributed by atoms with E-state index in [9.17, 15) is 4.79 Å². The Morgan fingerprint density at radius 3 is 2.82 bits per heavy atom. The fraction of sp³-hybridized carbons (Fsp3) is 0.923. The standard InChI is InChI=1S/C13H26N2OS/c1-10-6-4-3-5-7-12(10)15-13(16)11(14)8-9-17-2/h10-12H,3-9,14H2,1-2H3,(H,15,16)/t10?,11-,12?/m0/s1. The van der Waals surface area contributed by atoms with Crippen LogP contribution in [0.15, 0.2) is 0 Å². The van der Waals surface area contributed by atoms with Gasteiger partial charge in [0.05, 0.1) is 6.04 Å². The first-order valence-corrected chi connectivity index (χ1v) is 8.09. The summed E-state index contributed by atoms with van der Waals surface area (Å²) in [6.07, 6.45) is 8.98. The number of nitrogens with one attached hydrogen (secondary N) is 1. The summed E-state index contributed by atoms with van der Waals surface area (Å²) in [5.41, 5.74) is 5.88. The second-order valence-corrected chi connectivity index (χ2v) is 6.10. The van der Waals surface area contributed by atoms with Crippen LogP contribution < -0.4 is 11.1 Å². The first-order chi connectivity index (χ1) is 8.15. The van der Waals surface area contributed by atoms with E-state index >= 15 is 0 Å². The van der Waals surface area contributed by atoms with Crippen molar-refractivity contribution in [2.45, 2.75) is 57.5 Å². The maximum absolute atomic E-state index is 11.9. The largest absolute Gasteiger partial charge is 0.352 e. The summed E-state index contributed by atoms with van der Waals surface area (Å²) in [4.78, 5) is 11.9. The number of amides is 1. The highest BCUT2D eigenvalue weighted by Crippen LogP contribution is 2.22. The predicted octanol–water partition coefficient (Wildman–Crippen LogP) is 2.15. The van der Waals surface area contributed by atoms with Gasteiger partial charge in [0.15, 0.2) is 0 Å². The van der Waals surface area contributed by atoms with Crippen molar-refractivity contribution in [3.63, 3.8) is 0 Å². The van der Waals surface area contributed by atoms with Gasteiger partial charge in [-0.1, -0.05) is 26.2 Å². The van der Waals surface area contributed by atoms with Crippen LogP contribution in [0.2, 0.25) is 0 Å². The maximum Gasteiger partial charge on any atom is 0.237 e. The Balaban J connectivity index is 2.37. The highest BCUT2D eigenvalue weighted by Gasteiger charge is 2.23. The molecule has 0 spiro atoms. The molecule has 0 aromatic carbocycles. The fourth-order valence-electron chi connectivity index (χ4n) is 2.37. The van der Waals surface area contributed by atoms with E-state index in [1.54, 1.807) is 11.8 Å². The predicted molar refractivity (Wildman–Crippen MR) is 75.2 cm³/mol. The van der Waals surface area contributed by atoms with Crippen molar-refractivity contribution < 1.29 is 4.79 Å². The Labute approximate surface area is 109 Å². The zero-order valence-corrected chi connectivity index (χ0v) is 11.9. The molecule has 1 aliphatic rings. The summed E-state index contributed by atoms with van der Waals surface area (Å²) < 4.78 is 0. The van der Waals surface area contributed by atoms with E-state index in [1.807, 2.05) is 6.26 Å².